The van der Waals surface area contributed by atoms with Gasteiger partial charge >= 0.3 is 0 Å². The molecule has 63 heavy (non-hydrogen) atoms. The van der Waals surface area contributed by atoms with Crippen LogP contribution < -0.4 is 9.80 Å². The summed E-state index contributed by atoms with van der Waals surface area (Å²) in [7, 11) is 0. The molecule has 3 aliphatic carbocycles. The van der Waals surface area contributed by atoms with Crippen LogP contribution >= 0.6 is 0 Å². The average Bonchev–Trinajstić information content (AvgIpc) is 3.53. The molecule has 1 heterocycles. The standard InChI is InChI=1S/C61H42N2/c1-3-20-41(21-4-1)62(43-38-39-58-52(40-43)47-27-10-9-26-46(47)50-30-14-18-36-57(50)63(58)42-22-5-2-6-23-42)59-37-19-35-56-60(59)51-31-13-17-34-55(51)61(56)53-32-15-11-28-48(53)44-24-7-8-25-45(44)49-29-12-16-33-54(49)61/h1-15,17-32,34-40H,16,33H2. The number of hydrogen-bond donors (Lipinski definition) is 0. The molecule has 1 aliphatic heterocycles. The van der Waals surface area contributed by atoms with E-state index in [0.29, 0.717) is 0 Å². The molecule has 13 rings (SSSR count). The first-order valence-corrected chi connectivity index (χ1v) is 22.2. The summed E-state index contributed by atoms with van der Waals surface area (Å²) in [6.07, 6.45) is 6.79. The minimum absolute atomic E-state index is 0.491. The van der Waals surface area contributed by atoms with Crippen LogP contribution in [0.25, 0.3) is 50.1 Å². The molecule has 0 saturated carbocycles. The van der Waals surface area contributed by atoms with Crippen molar-refractivity contribution in [2.24, 2.45) is 0 Å². The van der Waals surface area contributed by atoms with Crippen molar-refractivity contribution in [3.05, 3.63) is 258 Å². The Hall–Kier alpha value is -7.94. The molecule has 1 atom stereocenters. The molecular formula is C61H42N2. The lowest BCUT2D eigenvalue weighted by Crippen LogP contribution is -2.31. The molecule has 4 aliphatic rings. The van der Waals surface area contributed by atoms with Crippen LogP contribution in [0.15, 0.2) is 236 Å². The van der Waals surface area contributed by atoms with Crippen molar-refractivity contribution < 1.29 is 0 Å². The number of anilines is 6. The van der Waals surface area contributed by atoms with Crippen molar-refractivity contribution >= 4 is 39.7 Å². The maximum Gasteiger partial charge on any atom is 0.0689 e. The van der Waals surface area contributed by atoms with Gasteiger partial charge < -0.3 is 9.80 Å². The minimum atomic E-state index is -0.491. The average molecular weight is 803 g/mol. The number of fused-ring (bicyclic) bond motifs is 16. The second kappa shape index (κ2) is 14.1. The van der Waals surface area contributed by atoms with Crippen molar-refractivity contribution in [3.8, 4) is 44.5 Å². The highest BCUT2D eigenvalue weighted by atomic mass is 15.2. The number of allylic oxidation sites excluding steroid dienone is 4. The number of benzene rings is 9. The summed E-state index contributed by atoms with van der Waals surface area (Å²) < 4.78 is 0. The number of hydrogen-bond acceptors (Lipinski definition) is 2. The van der Waals surface area contributed by atoms with Crippen LogP contribution in [0.3, 0.4) is 0 Å². The van der Waals surface area contributed by atoms with Gasteiger partial charge in [0, 0.05) is 33.8 Å². The van der Waals surface area contributed by atoms with E-state index in [4.69, 9.17) is 0 Å². The highest BCUT2D eigenvalue weighted by Crippen LogP contribution is 2.64. The predicted octanol–water partition coefficient (Wildman–Crippen LogP) is 16.4. The van der Waals surface area contributed by atoms with E-state index in [1.165, 1.54) is 89.3 Å². The van der Waals surface area contributed by atoms with Gasteiger partial charge in [0.05, 0.1) is 22.5 Å². The van der Waals surface area contributed by atoms with Crippen LogP contribution in [0.1, 0.15) is 35.1 Å². The Bertz CT molecular complexity index is 3360. The van der Waals surface area contributed by atoms with Gasteiger partial charge in [-0.1, -0.05) is 176 Å². The highest BCUT2D eigenvalue weighted by molar-refractivity contribution is 6.06. The predicted molar refractivity (Wildman–Crippen MR) is 263 cm³/mol. The quantitative estimate of drug-likeness (QED) is 0.175. The summed E-state index contributed by atoms with van der Waals surface area (Å²) in [4.78, 5) is 4.95. The van der Waals surface area contributed by atoms with Crippen LogP contribution in [0.2, 0.25) is 0 Å². The van der Waals surface area contributed by atoms with E-state index in [-0.39, 0.29) is 0 Å². The zero-order valence-electron chi connectivity index (χ0n) is 34.7. The Kier molecular flexibility index (Phi) is 7.98. The Balaban J connectivity index is 1.10. The zero-order chi connectivity index (χ0) is 41.5. The van der Waals surface area contributed by atoms with Gasteiger partial charge in [-0.2, -0.15) is 0 Å². The fourth-order valence-electron chi connectivity index (χ4n) is 11.5. The summed E-state index contributed by atoms with van der Waals surface area (Å²) in [6.45, 7) is 0. The van der Waals surface area contributed by atoms with Crippen LogP contribution in [0, 0.1) is 0 Å². The summed E-state index contributed by atoms with van der Waals surface area (Å²) >= 11 is 0. The largest absolute Gasteiger partial charge is 0.310 e. The first-order chi connectivity index (χ1) is 31.3. The van der Waals surface area contributed by atoms with Gasteiger partial charge in [-0.3, -0.25) is 0 Å². The van der Waals surface area contributed by atoms with Gasteiger partial charge in [-0.05, 0) is 129 Å². The third-order valence-corrected chi connectivity index (χ3v) is 13.9. The Labute approximate surface area is 369 Å². The van der Waals surface area contributed by atoms with Gasteiger partial charge in [0.25, 0.3) is 0 Å². The van der Waals surface area contributed by atoms with Gasteiger partial charge in [0.15, 0.2) is 0 Å². The van der Waals surface area contributed by atoms with Gasteiger partial charge in [-0.25, -0.2) is 0 Å². The highest BCUT2D eigenvalue weighted by Gasteiger charge is 2.51. The van der Waals surface area contributed by atoms with Crippen LogP contribution in [-0.4, -0.2) is 0 Å². The molecule has 2 heteroatoms. The normalized spacial score (nSPS) is 16.0. The topological polar surface area (TPSA) is 6.48 Å². The molecule has 0 fully saturated rings. The second-order valence-corrected chi connectivity index (χ2v) is 17.0. The minimum Gasteiger partial charge on any atom is -0.310 e. The molecule has 9 aromatic carbocycles. The zero-order valence-corrected chi connectivity index (χ0v) is 34.7. The van der Waals surface area contributed by atoms with Crippen molar-refractivity contribution in [2.45, 2.75) is 18.3 Å². The van der Waals surface area contributed by atoms with Crippen molar-refractivity contribution in [2.75, 3.05) is 9.80 Å². The monoisotopic (exact) mass is 802 g/mol. The molecule has 0 bridgehead atoms. The Morgan fingerprint density at radius 2 is 0.952 bits per heavy atom. The number of para-hydroxylation sites is 3. The SMILES string of the molecule is C1=CC2=C(CC1)C1(c3ccccc3-c3ccccc32)c2ccccc2-c2c(N(c3ccccc3)c3ccc4c(c3)-c3ccccc3-c3ccccc3N4c3ccccc3)cccc21. The van der Waals surface area contributed by atoms with E-state index in [2.05, 4.69) is 240 Å². The summed E-state index contributed by atoms with van der Waals surface area (Å²) in [6, 6.07) is 81.3. The molecule has 0 aromatic heterocycles. The van der Waals surface area contributed by atoms with Crippen molar-refractivity contribution in [1.29, 1.82) is 0 Å². The lowest BCUT2D eigenvalue weighted by molar-refractivity contribution is 0.701. The second-order valence-electron chi connectivity index (χ2n) is 17.0. The van der Waals surface area contributed by atoms with Gasteiger partial charge in [0.2, 0.25) is 0 Å². The van der Waals surface area contributed by atoms with Crippen LogP contribution in [0.4, 0.5) is 34.1 Å². The maximum atomic E-state index is 2.51. The van der Waals surface area contributed by atoms with E-state index in [1.54, 1.807) is 0 Å². The van der Waals surface area contributed by atoms with Crippen LogP contribution in [0.5, 0.6) is 0 Å². The van der Waals surface area contributed by atoms with E-state index >= 15 is 0 Å². The van der Waals surface area contributed by atoms with E-state index < -0.39 is 5.41 Å². The summed E-state index contributed by atoms with van der Waals surface area (Å²) in [5.74, 6) is 0. The molecule has 2 nitrogen and oxygen atoms in total. The first kappa shape index (κ1) is 35.8. The van der Waals surface area contributed by atoms with Crippen LogP contribution in [-0.2, 0) is 5.41 Å². The Morgan fingerprint density at radius 3 is 1.71 bits per heavy atom. The molecule has 0 saturated heterocycles. The lowest BCUT2D eigenvalue weighted by atomic mass is 9.63. The molecule has 9 aromatic rings. The first-order valence-electron chi connectivity index (χ1n) is 22.2. The number of rotatable bonds is 4. The van der Waals surface area contributed by atoms with Gasteiger partial charge in [-0.15, -0.1) is 0 Å². The van der Waals surface area contributed by atoms with Crippen molar-refractivity contribution in [1.82, 2.24) is 0 Å². The third kappa shape index (κ3) is 5.13. The van der Waals surface area contributed by atoms with Crippen molar-refractivity contribution in [3.63, 3.8) is 0 Å². The fourth-order valence-corrected chi connectivity index (χ4v) is 11.5. The number of nitrogens with zero attached hydrogens (tertiary/aromatic N) is 2. The van der Waals surface area contributed by atoms with E-state index in [9.17, 15) is 0 Å². The lowest BCUT2D eigenvalue weighted by Gasteiger charge is -2.38. The molecule has 0 radical (unpaired) electrons. The summed E-state index contributed by atoms with van der Waals surface area (Å²) in [5.41, 5.74) is 24.6. The Morgan fingerprint density at radius 1 is 0.397 bits per heavy atom. The maximum absolute atomic E-state index is 2.51. The van der Waals surface area contributed by atoms with E-state index in [1.807, 2.05) is 0 Å². The smallest absolute Gasteiger partial charge is 0.0689 e. The molecular weight excluding hydrogens is 761 g/mol. The third-order valence-electron chi connectivity index (χ3n) is 13.9. The molecule has 296 valence electrons. The molecule has 0 N–H and O–H groups in total. The molecule has 0 amide bonds. The van der Waals surface area contributed by atoms with Gasteiger partial charge in [0.1, 0.15) is 0 Å². The fraction of sp³-hybridized carbons (Fsp3) is 0.0492. The molecule has 1 unspecified atom stereocenters. The van der Waals surface area contributed by atoms with E-state index in [0.717, 1.165) is 35.6 Å². The molecule has 1 spiro atoms. The summed E-state index contributed by atoms with van der Waals surface area (Å²) in [5, 5.41) is 0.